The Morgan fingerprint density at radius 2 is 2.00 bits per heavy atom. The molecule has 2 rings (SSSR count). The van der Waals surface area contributed by atoms with Gasteiger partial charge in [0.2, 0.25) is 0 Å². The second-order valence-corrected chi connectivity index (χ2v) is 8.32. The minimum atomic E-state index is -1.01. The molecule has 0 saturated heterocycles. The molecule has 126 valence electrons. The molecule has 3 unspecified atom stereocenters. The number of nitrogens with zero attached hydrogens (tertiary/aromatic N) is 3. The van der Waals surface area contributed by atoms with Gasteiger partial charge in [-0.3, -0.25) is 4.68 Å². The number of nitriles is 1. The first-order chi connectivity index (χ1) is 10.9. The standard InChI is InChI=1S/C17H26N3O2P/c1-17(23)9-5-3-2-4-7-14(8-6-10-17)20-15(16(21)22)11-13(12-18)19-20/h11,14H,2-10,23H2,1H3,(H,21,22). The molecule has 1 aromatic rings. The maximum Gasteiger partial charge on any atom is 0.354 e. The first-order valence-corrected chi connectivity index (χ1v) is 9.02. The molecule has 1 aliphatic carbocycles. The molecule has 0 amide bonds. The zero-order valence-corrected chi connectivity index (χ0v) is 14.9. The largest absolute Gasteiger partial charge is 0.477 e. The Labute approximate surface area is 140 Å². The molecule has 0 spiro atoms. The average Bonchev–Trinajstić information content (AvgIpc) is 2.91. The highest BCUT2D eigenvalue weighted by molar-refractivity contribution is 7.18. The molecule has 1 N–H and O–H groups in total. The minimum absolute atomic E-state index is 0.0714. The van der Waals surface area contributed by atoms with Crippen molar-refractivity contribution in [1.29, 1.82) is 5.26 Å². The molecule has 23 heavy (non-hydrogen) atoms. The predicted octanol–water partition coefficient (Wildman–Crippen LogP) is 4.15. The predicted molar refractivity (Wildman–Crippen MR) is 92.6 cm³/mol. The van der Waals surface area contributed by atoms with E-state index in [1.54, 1.807) is 4.68 Å². The van der Waals surface area contributed by atoms with Crippen LogP contribution in [0.2, 0.25) is 0 Å². The van der Waals surface area contributed by atoms with Gasteiger partial charge in [0, 0.05) is 6.07 Å². The van der Waals surface area contributed by atoms with E-state index < -0.39 is 5.97 Å². The fourth-order valence-corrected chi connectivity index (χ4v) is 3.81. The molecule has 1 heterocycles. The Balaban J connectivity index is 2.20. The summed E-state index contributed by atoms with van der Waals surface area (Å²) in [5.74, 6) is -1.01. The van der Waals surface area contributed by atoms with E-state index in [4.69, 9.17) is 5.26 Å². The fourth-order valence-electron chi connectivity index (χ4n) is 3.40. The van der Waals surface area contributed by atoms with Gasteiger partial charge in [0.05, 0.1) is 6.04 Å². The second-order valence-electron chi connectivity index (χ2n) is 6.93. The summed E-state index contributed by atoms with van der Waals surface area (Å²) in [5.41, 5.74) is 0.322. The summed E-state index contributed by atoms with van der Waals surface area (Å²) in [6.45, 7) is 2.29. The van der Waals surface area contributed by atoms with Crippen LogP contribution < -0.4 is 0 Å². The minimum Gasteiger partial charge on any atom is -0.477 e. The van der Waals surface area contributed by atoms with Crippen LogP contribution >= 0.6 is 9.24 Å². The first-order valence-electron chi connectivity index (χ1n) is 8.45. The molecule has 0 bridgehead atoms. The van der Waals surface area contributed by atoms with Crippen molar-refractivity contribution in [3.63, 3.8) is 0 Å². The molecule has 1 saturated carbocycles. The van der Waals surface area contributed by atoms with Gasteiger partial charge in [0.25, 0.3) is 0 Å². The van der Waals surface area contributed by atoms with Crippen molar-refractivity contribution in [2.24, 2.45) is 0 Å². The monoisotopic (exact) mass is 335 g/mol. The lowest BCUT2D eigenvalue weighted by Gasteiger charge is -2.25. The summed E-state index contributed by atoms with van der Waals surface area (Å²) in [6.07, 6.45) is 9.97. The SMILES string of the molecule is CC1(P)CCCCCCC(n2nc(C#N)cc2C(=O)O)CCC1. The van der Waals surface area contributed by atoms with E-state index in [9.17, 15) is 9.90 Å². The first kappa shape index (κ1) is 17.9. The Morgan fingerprint density at radius 1 is 1.35 bits per heavy atom. The summed E-state index contributed by atoms with van der Waals surface area (Å²) >= 11 is 0. The van der Waals surface area contributed by atoms with E-state index in [0.717, 1.165) is 32.1 Å². The van der Waals surface area contributed by atoms with Crippen molar-refractivity contribution in [2.75, 3.05) is 0 Å². The van der Waals surface area contributed by atoms with Crippen molar-refractivity contribution in [3.8, 4) is 6.07 Å². The lowest BCUT2D eigenvalue weighted by molar-refractivity contribution is 0.0678. The van der Waals surface area contributed by atoms with Gasteiger partial charge in [-0.15, -0.1) is 9.24 Å². The van der Waals surface area contributed by atoms with Crippen molar-refractivity contribution in [3.05, 3.63) is 17.5 Å². The van der Waals surface area contributed by atoms with Crippen molar-refractivity contribution in [1.82, 2.24) is 9.78 Å². The van der Waals surface area contributed by atoms with E-state index >= 15 is 0 Å². The molecule has 0 aliphatic heterocycles. The van der Waals surface area contributed by atoms with Crippen molar-refractivity contribution >= 4 is 15.2 Å². The maximum atomic E-state index is 11.5. The van der Waals surface area contributed by atoms with Gasteiger partial charge in [0.15, 0.2) is 5.69 Å². The highest BCUT2D eigenvalue weighted by atomic mass is 31.0. The van der Waals surface area contributed by atoms with Gasteiger partial charge in [-0.2, -0.15) is 10.4 Å². The summed E-state index contributed by atoms with van der Waals surface area (Å²) in [5, 5.41) is 22.9. The van der Waals surface area contributed by atoms with Gasteiger partial charge in [-0.1, -0.05) is 39.0 Å². The number of carboxylic acid groups (broad SMARTS) is 1. The van der Waals surface area contributed by atoms with Gasteiger partial charge in [-0.25, -0.2) is 4.79 Å². The highest BCUT2D eigenvalue weighted by Gasteiger charge is 2.24. The summed E-state index contributed by atoms with van der Waals surface area (Å²) in [6, 6.07) is 3.41. The zero-order valence-electron chi connectivity index (χ0n) is 13.8. The lowest BCUT2D eigenvalue weighted by Crippen LogP contribution is -2.19. The molecule has 0 radical (unpaired) electrons. The summed E-state index contributed by atoms with van der Waals surface area (Å²) in [7, 11) is 2.99. The van der Waals surface area contributed by atoms with E-state index in [1.165, 1.54) is 31.7 Å². The van der Waals surface area contributed by atoms with Crippen LogP contribution in [0.15, 0.2) is 6.07 Å². The zero-order chi connectivity index (χ0) is 16.9. The van der Waals surface area contributed by atoms with Gasteiger partial charge in [0.1, 0.15) is 11.8 Å². The molecule has 3 atom stereocenters. The van der Waals surface area contributed by atoms with Crippen LogP contribution in [-0.4, -0.2) is 26.0 Å². The highest BCUT2D eigenvalue weighted by Crippen LogP contribution is 2.34. The van der Waals surface area contributed by atoms with Crippen LogP contribution in [0.3, 0.4) is 0 Å². The molecule has 0 aromatic carbocycles. The van der Waals surface area contributed by atoms with Crippen molar-refractivity contribution in [2.45, 2.75) is 75.9 Å². The number of carboxylic acids is 1. The summed E-state index contributed by atoms with van der Waals surface area (Å²) in [4.78, 5) is 11.5. The van der Waals surface area contributed by atoms with Gasteiger partial charge < -0.3 is 5.11 Å². The van der Waals surface area contributed by atoms with Crippen LogP contribution in [0.1, 0.15) is 86.9 Å². The number of hydrogen-bond donors (Lipinski definition) is 1. The van der Waals surface area contributed by atoms with Crippen LogP contribution in [-0.2, 0) is 0 Å². The normalized spacial score (nSPS) is 26.9. The topological polar surface area (TPSA) is 78.9 Å². The Kier molecular flexibility index (Phi) is 6.18. The third kappa shape index (κ3) is 5.04. The van der Waals surface area contributed by atoms with Crippen LogP contribution in [0, 0.1) is 11.3 Å². The number of aromatic carboxylic acids is 1. The summed E-state index contributed by atoms with van der Waals surface area (Å²) < 4.78 is 1.58. The van der Waals surface area contributed by atoms with Crippen LogP contribution in [0.25, 0.3) is 0 Å². The quantitative estimate of drug-likeness (QED) is 0.823. The number of carbonyl (C=O) groups is 1. The molecule has 1 fully saturated rings. The second kappa shape index (κ2) is 7.93. The lowest BCUT2D eigenvalue weighted by atomic mass is 9.95. The van der Waals surface area contributed by atoms with Crippen LogP contribution in [0.5, 0.6) is 0 Å². The van der Waals surface area contributed by atoms with E-state index in [0.29, 0.717) is 0 Å². The Bertz CT molecular complexity index is 589. The smallest absolute Gasteiger partial charge is 0.354 e. The third-order valence-electron chi connectivity index (χ3n) is 4.74. The molecule has 1 aromatic heterocycles. The maximum absolute atomic E-state index is 11.5. The molecule has 6 heteroatoms. The molecular formula is C17H26N3O2P. The number of rotatable bonds is 2. The Hall–Kier alpha value is -1.40. The van der Waals surface area contributed by atoms with E-state index in [1.807, 2.05) is 6.07 Å². The third-order valence-corrected chi connectivity index (χ3v) is 5.31. The fraction of sp³-hybridized carbons (Fsp3) is 0.706. The van der Waals surface area contributed by atoms with E-state index in [-0.39, 0.29) is 22.6 Å². The molecule has 5 nitrogen and oxygen atoms in total. The molecular weight excluding hydrogens is 309 g/mol. The molecule has 1 aliphatic rings. The number of aromatic nitrogens is 2. The van der Waals surface area contributed by atoms with Crippen LogP contribution in [0.4, 0.5) is 0 Å². The average molecular weight is 335 g/mol. The van der Waals surface area contributed by atoms with E-state index in [2.05, 4.69) is 21.3 Å². The van der Waals surface area contributed by atoms with Crippen molar-refractivity contribution < 1.29 is 9.90 Å². The Morgan fingerprint density at radius 3 is 2.70 bits per heavy atom. The number of hydrogen-bond acceptors (Lipinski definition) is 3. The van der Waals surface area contributed by atoms with Gasteiger partial charge in [-0.05, 0) is 30.8 Å². The van der Waals surface area contributed by atoms with Gasteiger partial charge >= 0.3 is 5.97 Å².